The van der Waals surface area contributed by atoms with Crippen molar-refractivity contribution in [2.75, 3.05) is 13.1 Å². The SMILES string of the molecule is CB(O)N1CCC([C+]2c3ccc(Cl)cc3CC(CCCn3cnc(C)c3C)c3cccnc32)CC1. The molecule has 1 saturated heterocycles. The molecule has 1 aliphatic heterocycles. The van der Waals surface area contributed by atoms with Gasteiger partial charge in [0.25, 0.3) is 0 Å². The molecule has 1 unspecified atom stereocenters. The molecular weight excluding hydrogens is 455 g/mol. The number of hydrogen-bond donors (Lipinski definition) is 1. The Hall–Kier alpha value is -2.28. The van der Waals surface area contributed by atoms with Crippen LogP contribution in [0.25, 0.3) is 0 Å². The standard InChI is InChI=1S/C28H35BClN4O/c1-19-20(2)33(18-32-19)13-5-6-22-16-23-17-24(30)8-9-25(23)27(28-26(22)7-4-12-31-28)21-10-14-34(15-11-21)29(3)35/h4,7-9,12,17-18,21-22,35H,5-6,10-11,13-16H2,1-3H3/q+1. The zero-order valence-electron chi connectivity index (χ0n) is 21.0. The number of aryl methyl sites for hydroxylation is 2. The fourth-order valence-corrected chi connectivity index (χ4v) is 6.17. The monoisotopic (exact) mass is 489 g/mol. The maximum absolute atomic E-state index is 10.1. The Morgan fingerprint density at radius 2 is 1.97 bits per heavy atom. The van der Waals surface area contributed by atoms with Gasteiger partial charge in [0.1, 0.15) is 5.56 Å². The van der Waals surface area contributed by atoms with Gasteiger partial charge in [0.05, 0.1) is 23.0 Å². The summed E-state index contributed by atoms with van der Waals surface area (Å²) in [5.74, 6) is 2.20. The largest absolute Gasteiger partial charge is 0.437 e. The highest BCUT2D eigenvalue weighted by Gasteiger charge is 2.42. The molecule has 0 saturated carbocycles. The van der Waals surface area contributed by atoms with E-state index in [2.05, 4.69) is 52.5 Å². The topological polar surface area (TPSA) is 54.2 Å². The smallest absolute Gasteiger partial charge is 0.376 e. The molecule has 1 atom stereocenters. The summed E-state index contributed by atoms with van der Waals surface area (Å²) >= 11 is 6.51. The number of pyridine rings is 1. The molecule has 2 aliphatic rings. The Labute approximate surface area is 214 Å². The zero-order chi connectivity index (χ0) is 24.5. The molecule has 1 aliphatic carbocycles. The minimum Gasteiger partial charge on any atom is -0.437 e. The number of fused-ring (bicyclic) bond motifs is 2. The Morgan fingerprint density at radius 1 is 1.17 bits per heavy atom. The van der Waals surface area contributed by atoms with Crippen LogP contribution in [0.4, 0.5) is 0 Å². The van der Waals surface area contributed by atoms with Crippen LogP contribution in [-0.4, -0.2) is 44.5 Å². The van der Waals surface area contributed by atoms with Gasteiger partial charge < -0.3 is 14.4 Å². The molecule has 7 heteroatoms. The molecule has 0 amide bonds. The van der Waals surface area contributed by atoms with E-state index in [1.807, 2.05) is 25.4 Å². The molecule has 5 nitrogen and oxygen atoms in total. The summed E-state index contributed by atoms with van der Waals surface area (Å²) in [4.78, 5) is 11.6. The Morgan fingerprint density at radius 3 is 2.69 bits per heavy atom. The first-order valence-electron chi connectivity index (χ1n) is 12.9. The fourth-order valence-electron chi connectivity index (χ4n) is 5.98. The molecule has 0 radical (unpaired) electrons. The van der Waals surface area contributed by atoms with E-state index in [1.165, 1.54) is 34.0 Å². The van der Waals surface area contributed by atoms with Crippen molar-refractivity contribution >= 4 is 18.7 Å². The third-order valence-corrected chi connectivity index (χ3v) is 8.36. The lowest BCUT2D eigenvalue weighted by atomic mass is 9.73. The number of imidazole rings is 1. The van der Waals surface area contributed by atoms with E-state index in [9.17, 15) is 5.02 Å². The lowest BCUT2D eigenvalue weighted by molar-refractivity contribution is 0.262. The Kier molecular flexibility index (Phi) is 7.24. The Bertz CT molecular complexity index is 1170. The van der Waals surface area contributed by atoms with E-state index < -0.39 is 0 Å². The second kappa shape index (κ2) is 10.4. The molecular formula is C28H35BClN4O+. The van der Waals surface area contributed by atoms with Gasteiger partial charge in [-0.3, -0.25) is 0 Å². The second-order valence-electron chi connectivity index (χ2n) is 10.3. The lowest BCUT2D eigenvalue weighted by Crippen LogP contribution is -2.44. The van der Waals surface area contributed by atoms with Crippen molar-refractivity contribution < 1.29 is 5.02 Å². The summed E-state index contributed by atoms with van der Waals surface area (Å²) in [7, 11) is -0.390. The van der Waals surface area contributed by atoms with Crippen molar-refractivity contribution in [3.8, 4) is 0 Å². The van der Waals surface area contributed by atoms with Gasteiger partial charge in [-0.05, 0) is 71.6 Å². The predicted molar refractivity (Wildman–Crippen MR) is 143 cm³/mol. The normalized spacial score (nSPS) is 18.8. The van der Waals surface area contributed by atoms with Gasteiger partial charge in [-0.15, -0.1) is 0 Å². The molecule has 1 N–H and O–H groups in total. The Balaban J connectivity index is 1.45. The third kappa shape index (κ3) is 5.02. The van der Waals surface area contributed by atoms with Crippen molar-refractivity contribution in [2.24, 2.45) is 5.92 Å². The summed E-state index contributed by atoms with van der Waals surface area (Å²) in [6, 6.07) is 10.8. The van der Waals surface area contributed by atoms with E-state index in [4.69, 9.17) is 16.6 Å². The van der Waals surface area contributed by atoms with E-state index in [-0.39, 0.29) is 7.05 Å². The molecule has 1 fully saturated rings. The quantitative estimate of drug-likeness (QED) is 0.369. The maximum atomic E-state index is 10.1. The van der Waals surface area contributed by atoms with Crippen LogP contribution in [0.5, 0.6) is 0 Å². The van der Waals surface area contributed by atoms with Gasteiger partial charge in [-0.1, -0.05) is 11.6 Å². The van der Waals surface area contributed by atoms with Gasteiger partial charge in [-0.25, -0.2) is 9.97 Å². The van der Waals surface area contributed by atoms with Crippen molar-refractivity contribution in [1.82, 2.24) is 19.3 Å². The third-order valence-electron chi connectivity index (χ3n) is 8.12. The molecule has 0 spiro atoms. The molecule has 3 heterocycles. The molecule has 35 heavy (non-hydrogen) atoms. The number of aromatic nitrogens is 3. The van der Waals surface area contributed by atoms with E-state index >= 15 is 0 Å². The van der Waals surface area contributed by atoms with E-state index in [1.54, 1.807) is 0 Å². The molecule has 182 valence electrons. The minimum atomic E-state index is -0.390. The van der Waals surface area contributed by atoms with Crippen molar-refractivity contribution in [1.29, 1.82) is 0 Å². The lowest BCUT2D eigenvalue weighted by Gasteiger charge is -2.34. The van der Waals surface area contributed by atoms with Crippen LogP contribution in [-0.2, 0) is 13.0 Å². The second-order valence-corrected chi connectivity index (χ2v) is 10.7. The summed E-state index contributed by atoms with van der Waals surface area (Å²) < 4.78 is 2.27. The highest BCUT2D eigenvalue weighted by Crippen LogP contribution is 2.45. The first-order valence-corrected chi connectivity index (χ1v) is 13.3. The van der Waals surface area contributed by atoms with Crippen molar-refractivity contribution in [2.45, 2.75) is 65.2 Å². The number of rotatable bonds is 6. The van der Waals surface area contributed by atoms with E-state index in [0.29, 0.717) is 11.8 Å². The van der Waals surface area contributed by atoms with Crippen LogP contribution < -0.4 is 0 Å². The first-order chi connectivity index (χ1) is 16.9. The highest BCUT2D eigenvalue weighted by atomic mass is 35.5. The fraction of sp³-hybridized carbons (Fsp3) is 0.464. The molecule has 0 bridgehead atoms. The molecule has 2 aromatic heterocycles. The maximum Gasteiger partial charge on any atom is 0.376 e. The number of piperidine rings is 1. The highest BCUT2D eigenvalue weighted by molar-refractivity contribution is 6.45. The van der Waals surface area contributed by atoms with Gasteiger partial charge in [0.15, 0.2) is 5.69 Å². The molecule has 5 rings (SSSR count). The average Bonchev–Trinajstić information content (AvgIpc) is 3.10. The van der Waals surface area contributed by atoms with Gasteiger partial charge in [0, 0.05) is 66.0 Å². The van der Waals surface area contributed by atoms with Crippen LogP contribution in [0.3, 0.4) is 0 Å². The van der Waals surface area contributed by atoms with Crippen LogP contribution >= 0.6 is 11.6 Å². The van der Waals surface area contributed by atoms with Crippen LogP contribution in [0, 0.1) is 25.7 Å². The summed E-state index contributed by atoms with van der Waals surface area (Å²) in [5.41, 5.74) is 7.55. The predicted octanol–water partition coefficient (Wildman–Crippen LogP) is 5.46. The van der Waals surface area contributed by atoms with E-state index in [0.717, 1.165) is 62.5 Å². The van der Waals surface area contributed by atoms with Crippen LogP contribution in [0.2, 0.25) is 11.8 Å². The molecule has 3 aromatic rings. The average molecular weight is 490 g/mol. The van der Waals surface area contributed by atoms with Crippen molar-refractivity contribution in [3.05, 3.63) is 87.6 Å². The summed E-state index contributed by atoms with van der Waals surface area (Å²) in [5, 5.41) is 10.9. The zero-order valence-corrected chi connectivity index (χ0v) is 21.8. The molecule has 1 aromatic carbocycles. The van der Waals surface area contributed by atoms with Gasteiger partial charge in [0.2, 0.25) is 0 Å². The van der Waals surface area contributed by atoms with Crippen LogP contribution in [0.1, 0.15) is 65.4 Å². The number of halogens is 1. The minimum absolute atomic E-state index is 0.390. The van der Waals surface area contributed by atoms with Gasteiger partial charge in [-0.2, -0.15) is 0 Å². The van der Waals surface area contributed by atoms with Crippen LogP contribution in [0.15, 0.2) is 42.9 Å². The number of benzene rings is 1. The van der Waals surface area contributed by atoms with Gasteiger partial charge >= 0.3 is 7.05 Å². The van der Waals surface area contributed by atoms with Crippen molar-refractivity contribution in [3.63, 3.8) is 0 Å². The first kappa shape index (κ1) is 24.4. The summed E-state index contributed by atoms with van der Waals surface area (Å²) in [6.07, 6.45) is 9.13. The number of nitrogens with zero attached hydrogens (tertiary/aromatic N) is 4. The number of hydrogen-bond acceptors (Lipinski definition) is 4. The summed E-state index contributed by atoms with van der Waals surface area (Å²) in [6.45, 7) is 8.88.